The molecule has 0 spiro atoms. The lowest BCUT2D eigenvalue weighted by Gasteiger charge is -2.25. The van der Waals surface area contributed by atoms with E-state index in [1.54, 1.807) is 30.0 Å². The third kappa shape index (κ3) is 6.66. The van der Waals surface area contributed by atoms with E-state index in [0.717, 1.165) is 16.9 Å². The molecule has 0 saturated carbocycles. The molecular formula is C35H34N4O4. The zero-order valence-corrected chi connectivity index (χ0v) is 24.5. The minimum atomic E-state index is -0.441. The molecule has 0 fully saturated rings. The number of amides is 2. The Balaban J connectivity index is 1.49. The molecule has 0 unspecified atom stereocenters. The Kier molecular flexibility index (Phi) is 8.98. The minimum Gasteiger partial charge on any atom is -0.462 e. The van der Waals surface area contributed by atoms with Crippen molar-refractivity contribution in [3.05, 3.63) is 125 Å². The van der Waals surface area contributed by atoms with Crippen molar-refractivity contribution in [2.45, 2.75) is 6.92 Å². The summed E-state index contributed by atoms with van der Waals surface area (Å²) in [6.45, 7) is 3.25. The SMILES string of the molecule is CCOC(=O)c1ccc2c(c1)NC(=O)/C2=C(\Nc1ccc(N(CCN(C)C)C(=O)c2ccccc2)cc1)c1ccccc1. The summed E-state index contributed by atoms with van der Waals surface area (Å²) in [6.07, 6.45) is 0. The van der Waals surface area contributed by atoms with E-state index < -0.39 is 5.97 Å². The summed E-state index contributed by atoms with van der Waals surface area (Å²) in [5.41, 5.74) is 5.66. The van der Waals surface area contributed by atoms with Crippen molar-refractivity contribution in [3.63, 3.8) is 0 Å². The average molecular weight is 575 g/mol. The number of hydrogen-bond donors (Lipinski definition) is 2. The molecule has 0 bridgehead atoms. The average Bonchev–Trinajstić information content (AvgIpc) is 3.36. The summed E-state index contributed by atoms with van der Waals surface area (Å²) in [6, 6.07) is 31.5. The Hall–Kier alpha value is -5.21. The molecule has 1 aliphatic heterocycles. The molecule has 0 radical (unpaired) electrons. The minimum absolute atomic E-state index is 0.0725. The standard InChI is InChI=1S/C35H34N4O4/c1-4-43-35(42)26-15-20-29-30(23-26)37-33(40)31(29)32(24-11-7-5-8-12-24)36-27-16-18-28(19-17-27)39(22-21-38(2)3)34(41)25-13-9-6-10-14-25/h5-20,23,36H,4,21-22H2,1-3H3,(H,37,40)/b32-31-. The first-order chi connectivity index (χ1) is 20.9. The first-order valence-corrected chi connectivity index (χ1v) is 14.2. The van der Waals surface area contributed by atoms with E-state index in [2.05, 4.69) is 10.6 Å². The summed E-state index contributed by atoms with van der Waals surface area (Å²) in [4.78, 5) is 42.9. The third-order valence-corrected chi connectivity index (χ3v) is 7.07. The van der Waals surface area contributed by atoms with Crippen LogP contribution in [-0.4, -0.2) is 56.5 Å². The molecule has 218 valence electrons. The Bertz CT molecular complexity index is 1650. The van der Waals surface area contributed by atoms with E-state index in [9.17, 15) is 14.4 Å². The van der Waals surface area contributed by atoms with E-state index in [4.69, 9.17) is 4.74 Å². The van der Waals surface area contributed by atoms with Crippen molar-refractivity contribution < 1.29 is 19.1 Å². The van der Waals surface area contributed by atoms with Gasteiger partial charge in [-0.15, -0.1) is 0 Å². The second kappa shape index (κ2) is 13.2. The number of fused-ring (bicyclic) bond motifs is 1. The zero-order chi connectivity index (χ0) is 30.3. The molecule has 8 heteroatoms. The van der Waals surface area contributed by atoms with Crippen LogP contribution in [0.4, 0.5) is 17.1 Å². The normalized spacial score (nSPS) is 13.3. The number of rotatable bonds is 10. The van der Waals surface area contributed by atoms with Crippen LogP contribution in [0.25, 0.3) is 11.3 Å². The van der Waals surface area contributed by atoms with Gasteiger partial charge in [-0.3, -0.25) is 9.59 Å². The Labute approximate surface area is 251 Å². The number of nitrogens with zero attached hydrogens (tertiary/aromatic N) is 2. The maximum atomic E-state index is 13.4. The smallest absolute Gasteiger partial charge is 0.338 e. The van der Waals surface area contributed by atoms with E-state index in [0.29, 0.717) is 46.7 Å². The molecule has 0 aliphatic carbocycles. The Morgan fingerprint density at radius 3 is 2.07 bits per heavy atom. The first kappa shape index (κ1) is 29.3. The molecule has 1 heterocycles. The quantitative estimate of drug-likeness (QED) is 0.178. The predicted octanol–water partition coefficient (Wildman–Crippen LogP) is 6.00. The van der Waals surface area contributed by atoms with Crippen molar-refractivity contribution in [1.82, 2.24) is 4.90 Å². The third-order valence-electron chi connectivity index (χ3n) is 7.07. The number of likely N-dealkylation sites (N-methyl/N-ethyl adjacent to an activating group) is 1. The van der Waals surface area contributed by atoms with Crippen LogP contribution in [0, 0.1) is 0 Å². The van der Waals surface area contributed by atoms with Crippen molar-refractivity contribution in [1.29, 1.82) is 0 Å². The summed E-state index contributed by atoms with van der Waals surface area (Å²) >= 11 is 0. The molecular weight excluding hydrogens is 540 g/mol. The van der Waals surface area contributed by atoms with Crippen LogP contribution in [-0.2, 0) is 9.53 Å². The second-order valence-electron chi connectivity index (χ2n) is 10.3. The lowest BCUT2D eigenvalue weighted by atomic mass is 9.99. The zero-order valence-electron chi connectivity index (χ0n) is 24.5. The van der Waals surface area contributed by atoms with E-state index in [1.165, 1.54) is 0 Å². The molecule has 0 aromatic heterocycles. The predicted molar refractivity (Wildman–Crippen MR) is 171 cm³/mol. The van der Waals surface area contributed by atoms with Crippen molar-refractivity contribution in [2.75, 3.05) is 49.3 Å². The molecule has 2 amide bonds. The highest BCUT2D eigenvalue weighted by Crippen LogP contribution is 2.38. The lowest BCUT2D eigenvalue weighted by molar-refractivity contribution is -0.110. The van der Waals surface area contributed by atoms with Crippen LogP contribution in [0.5, 0.6) is 0 Å². The van der Waals surface area contributed by atoms with E-state index >= 15 is 0 Å². The number of carbonyl (C=O) groups is 3. The lowest BCUT2D eigenvalue weighted by Crippen LogP contribution is -2.36. The van der Waals surface area contributed by atoms with Crippen molar-refractivity contribution in [2.24, 2.45) is 0 Å². The molecule has 8 nitrogen and oxygen atoms in total. The van der Waals surface area contributed by atoms with Gasteiger partial charge in [0.1, 0.15) is 0 Å². The van der Waals surface area contributed by atoms with Crippen molar-refractivity contribution >= 4 is 46.1 Å². The number of ether oxygens (including phenoxy) is 1. The van der Waals surface area contributed by atoms with Crippen LogP contribution in [0.1, 0.15) is 38.8 Å². The summed E-state index contributed by atoms with van der Waals surface area (Å²) < 4.78 is 5.13. The fraction of sp³-hybridized carbons (Fsp3) is 0.171. The summed E-state index contributed by atoms with van der Waals surface area (Å²) in [7, 11) is 3.96. The second-order valence-corrected chi connectivity index (χ2v) is 10.3. The van der Waals surface area contributed by atoms with Crippen LogP contribution in [0.3, 0.4) is 0 Å². The Morgan fingerprint density at radius 1 is 0.791 bits per heavy atom. The maximum Gasteiger partial charge on any atom is 0.338 e. The van der Waals surface area contributed by atoms with Gasteiger partial charge in [0.2, 0.25) is 0 Å². The Morgan fingerprint density at radius 2 is 1.44 bits per heavy atom. The number of hydrogen-bond acceptors (Lipinski definition) is 6. The van der Waals surface area contributed by atoms with Gasteiger partial charge < -0.3 is 25.2 Å². The molecule has 43 heavy (non-hydrogen) atoms. The first-order valence-electron chi connectivity index (χ1n) is 14.2. The highest BCUT2D eigenvalue weighted by Gasteiger charge is 2.29. The van der Waals surface area contributed by atoms with E-state index in [1.807, 2.05) is 104 Å². The molecule has 4 aromatic rings. The fourth-order valence-electron chi connectivity index (χ4n) is 4.90. The number of benzene rings is 4. The largest absolute Gasteiger partial charge is 0.462 e. The van der Waals surface area contributed by atoms with Gasteiger partial charge >= 0.3 is 5.97 Å². The van der Waals surface area contributed by atoms with Gasteiger partial charge in [-0.05, 0) is 75.1 Å². The summed E-state index contributed by atoms with van der Waals surface area (Å²) in [5, 5.41) is 6.36. The topological polar surface area (TPSA) is 91.0 Å². The highest BCUT2D eigenvalue weighted by atomic mass is 16.5. The van der Waals surface area contributed by atoms with Crippen LogP contribution >= 0.6 is 0 Å². The molecule has 5 rings (SSSR count). The molecule has 0 atom stereocenters. The van der Waals surface area contributed by atoms with E-state index in [-0.39, 0.29) is 18.4 Å². The molecule has 4 aromatic carbocycles. The van der Waals surface area contributed by atoms with Crippen LogP contribution in [0.15, 0.2) is 103 Å². The number of esters is 1. The number of anilines is 3. The van der Waals surface area contributed by atoms with Gasteiger partial charge in [0.15, 0.2) is 0 Å². The number of carbonyl (C=O) groups excluding carboxylic acids is 3. The number of nitrogens with one attached hydrogen (secondary N) is 2. The van der Waals surface area contributed by atoms with Gasteiger partial charge in [0.25, 0.3) is 11.8 Å². The van der Waals surface area contributed by atoms with Crippen LogP contribution < -0.4 is 15.5 Å². The van der Waals surface area contributed by atoms with Gasteiger partial charge in [-0.1, -0.05) is 54.6 Å². The van der Waals surface area contributed by atoms with Gasteiger partial charge in [0.05, 0.1) is 29.1 Å². The van der Waals surface area contributed by atoms with Crippen LogP contribution in [0.2, 0.25) is 0 Å². The molecule has 2 N–H and O–H groups in total. The monoisotopic (exact) mass is 574 g/mol. The van der Waals surface area contributed by atoms with Crippen molar-refractivity contribution in [3.8, 4) is 0 Å². The van der Waals surface area contributed by atoms with Gasteiger partial charge in [-0.25, -0.2) is 4.79 Å². The summed E-state index contributed by atoms with van der Waals surface area (Å²) in [5.74, 6) is -0.789. The highest BCUT2D eigenvalue weighted by molar-refractivity contribution is 6.37. The molecule has 1 aliphatic rings. The van der Waals surface area contributed by atoms with Gasteiger partial charge in [0, 0.05) is 35.6 Å². The fourth-order valence-corrected chi connectivity index (χ4v) is 4.90. The maximum absolute atomic E-state index is 13.4. The molecule has 0 saturated heterocycles. The van der Waals surface area contributed by atoms with Gasteiger partial charge in [-0.2, -0.15) is 0 Å².